The number of para-hydroxylation sites is 2. The summed E-state index contributed by atoms with van der Waals surface area (Å²) in [5.41, 5.74) is 2.20. The van der Waals surface area contributed by atoms with Crippen molar-refractivity contribution in [1.29, 1.82) is 0 Å². The van der Waals surface area contributed by atoms with Crippen LogP contribution >= 0.6 is 0 Å². The molecule has 0 saturated heterocycles. The van der Waals surface area contributed by atoms with Crippen LogP contribution in [0.2, 0.25) is 0 Å². The first-order chi connectivity index (χ1) is 9.38. The molecule has 0 aliphatic heterocycles. The van der Waals surface area contributed by atoms with Gasteiger partial charge in [-0.25, -0.2) is 4.98 Å². The van der Waals surface area contributed by atoms with Crippen molar-refractivity contribution in [1.82, 2.24) is 9.97 Å². The van der Waals surface area contributed by atoms with Crippen LogP contribution < -0.4 is 0 Å². The molecule has 2 N–H and O–H groups in total. The molecule has 20 heavy (non-hydrogen) atoms. The second kappa shape index (κ2) is 8.05. The van der Waals surface area contributed by atoms with E-state index in [2.05, 4.69) is 43.7 Å². The van der Waals surface area contributed by atoms with E-state index in [-0.39, 0.29) is 6.10 Å². The summed E-state index contributed by atoms with van der Waals surface area (Å²) in [6.07, 6.45) is 1.81. The third kappa shape index (κ3) is 6.20. The topological polar surface area (TPSA) is 48.9 Å². The zero-order valence-electron chi connectivity index (χ0n) is 13.4. The molecule has 0 amide bonds. The number of benzene rings is 1. The number of rotatable bonds is 4. The lowest BCUT2D eigenvalue weighted by molar-refractivity contribution is 0.168. The maximum absolute atomic E-state index is 8.72. The molecule has 2 rings (SSSR count). The van der Waals surface area contributed by atoms with Crippen LogP contribution in [0.3, 0.4) is 0 Å². The van der Waals surface area contributed by atoms with Crippen LogP contribution in [0.4, 0.5) is 0 Å². The molecular formula is C17H28N2O. The van der Waals surface area contributed by atoms with Crippen LogP contribution in [0.25, 0.3) is 11.0 Å². The van der Waals surface area contributed by atoms with E-state index in [0.29, 0.717) is 11.8 Å². The molecule has 0 unspecified atom stereocenters. The first-order valence-corrected chi connectivity index (χ1v) is 7.50. The van der Waals surface area contributed by atoms with Crippen molar-refractivity contribution < 1.29 is 5.11 Å². The molecule has 0 bridgehead atoms. The molecule has 0 aliphatic carbocycles. The van der Waals surface area contributed by atoms with Gasteiger partial charge in [0.05, 0.1) is 17.1 Å². The van der Waals surface area contributed by atoms with Gasteiger partial charge in [0.15, 0.2) is 0 Å². The van der Waals surface area contributed by atoms with Gasteiger partial charge in [-0.15, -0.1) is 0 Å². The van der Waals surface area contributed by atoms with Crippen molar-refractivity contribution in [2.45, 2.75) is 53.6 Å². The van der Waals surface area contributed by atoms with E-state index >= 15 is 0 Å². The fraction of sp³-hybridized carbons (Fsp3) is 0.588. The van der Waals surface area contributed by atoms with E-state index in [4.69, 9.17) is 5.11 Å². The molecule has 3 heteroatoms. The van der Waals surface area contributed by atoms with E-state index in [0.717, 1.165) is 29.7 Å². The summed E-state index contributed by atoms with van der Waals surface area (Å²) in [6.45, 7) is 10.4. The number of H-pyrrole nitrogens is 1. The summed E-state index contributed by atoms with van der Waals surface area (Å²) in [6, 6.07) is 8.14. The molecule has 0 fully saturated rings. The number of aromatic nitrogens is 2. The standard InChI is InChI=1S/C11H14N2.C6H14O/c1-8(2)7-11-12-9-5-3-4-6-10(9)13-11;1-5(2)4-6(3)7/h3-6,8H,7H2,1-2H3,(H,12,13);5-7H,4H2,1-3H3/t;6-/m.1/s1. The molecule has 1 heterocycles. The van der Waals surface area contributed by atoms with Gasteiger partial charge in [0.1, 0.15) is 5.82 Å². The van der Waals surface area contributed by atoms with Crippen molar-refractivity contribution >= 4 is 11.0 Å². The van der Waals surface area contributed by atoms with Crippen LogP contribution in [-0.2, 0) is 6.42 Å². The van der Waals surface area contributed by atoms with Gasteiger partial charge in [-0.3, -0.25) is 0 Å². The zero-order chi connectivity index (χ0) is 15.1. The van der Waals surface area contributed by atoms with Crippen LogP contribution in [0, 0.1) is 11.8 Å². The number of hydrogen-bond acceptors (Lipinski definition) is 2. The lowest BCUT2D eigenvalue weighted by Gasteiger charge is -2.04. The number of imidazole rings is 1. The summed E-state index contributed by atoms with van der Waals surface area (Å²) in [5.74, 6) is 2.37. The summed E-state index contributed by atoms with van der Waals surface area (Å²) in [7, 11) is 0. The van der Waals surface area contributed by atoms with E-state index in [9.17, 15) is 0 Å². The fourth-order valence-electron chi connectivity index (χ4n) is 2.17. The van der Waals surface area contributed by atoms with Gasteiger partial charge >= 0.3 is 0 Å². The quantitative estimate of drug-likeness (QED) is 0.880. The lowest BCUT2D eigenvalue weighted by Crippen LogP contribution is -2.03. The number of aliphatic hydroxyl groups is 1. The van der Waals surface area contributed by atoms with Crippen LogP contribution in [0.5, 0.6) is 0 Å². The molecular weight excluding hydrogens is 248 g/mol. The SMILES string of the molecule is CC(C)C[C@@H](C)O.CC(C)Cc1nc2ccccc2[nH]1. The molecule has 0 aliphatic rings. The van der Waals surface area contributed by atoms with Gasteiger partial charge in [0.25, 0.3) is 0 Å². The first kappa shape index (κ1) is 16.7. The first-order valence-electron chi connectivity index (χ1n) is 7.50. The van der Waals surface area contributed by atoms with E-state index in [1.165, 1.54) is 0 Å². The van der Waals surface area contributed by atoms with E-state index < -0.39 is 0 Å². The Hall–Kier alpha value is -1.35. The monoisotopic (exact) mass is 276 g/mol. The van der Waals surface area contributed by atoms with E-state index in [1.54, 1.807) is 0 Å². The van der Waals surface area contributed by atoms with Gasteiger partial charge in [-0.05, 0) is 37.3 Å². The number of hydrogen-bond donors (Lipinski definition) is 2. The van der Waals surface area contributed by atoms with Crippen molar-refractivity contribution in [2.75, 3.05) is 0 Å². The van der Waals surface area contributed by atoms with E-state index in [1.807, 2.05) is 25.1 Å². The smallest absolute Gasteiger partial charge is 0.107 e. The molecule has 0 saturated carbocycles. The molecule has 0 radical (unpaired) electrons. The maximum atomic E-state index is 8.72. The minimum atomic E-state index is -0.125. The highest BCUT2D eigenvalue weighted by atomic mass is 16.3. The Balaban J connectivity index is 0.000000246. The average Bonchev–Trinajstić information content (AvgIpc) is 2.68. The number of nitrogens with one attached hydrogen (secondary N) is 1. The fourth-order valence-corrected chi connectivity index (χ4v) is 2.17. The predicted molar refractivity (Wildman–Crippen MR) is 85.8 cm³/mol. The van der Waals surface area contributed by atoms with Gasteiger partial charge in [0, 0.05) is 6.42 Å². The van der Waals surface area contributed by atoms with Gasteiger partial charge < -0.3 is 10.1 Å². The molecule has 1 atom stereocenters. The van der Waals surface area contributed by atoms with Crippen molar-refractivity contribution in [3.8, 4) is 0 Å². The highest BCUT2D eigenvalue weighted by Crippen LogP contribution is 2.12. The van der Waals surface area contributed by atoms with Crippen molar-refractivity contribution in [2.24, 2.45) is 11.8 Å². The highest BCUT2D eigenvalue weighted by Gasteiger charge is 2.03. The zero-order valence-corrected chi connectivity index (χ0v) is 13.4. The van der Waals surface area contributed by atoms with Crippen LogP contribution in [0.1, 0.15) is 46.9 Å². The highest BCUT2D eigenvalue weighted by molar-refractivity contribution is 5.74. The number of aromatic amines is 1. The summed E-state index contributed by atoms with van der Waals surface area (Å²) in [5, 5.41) is 8.72. The summed E-state index contributed by atoms with van der Waals surface area (Å²) >= 11 is 0. The minimum absolute atomic E-state index is 0.125. The number of aliphatic hydroxyl groups excluding tert-OH is 1. The maximum Gasteiger partial charge on any atom is 0.107 e. The normalized spacial score (nSPS) is 12.6. The molecule has 0 spiro atoms. The van der Waals surface area contributed by atoms with Crippen LogP contribution in [-0.4, -0.2) is 21.2 Å². The Bertz CT molecular complexity index is 461. The minimum Gasteiger partial charge on any atom is -0.393 e. The Kier molecular flexibility index (Phi) is 6.73. The van der Waals surface area contributed by atoms with Crippen molar-refractivity contribution in [3.05, 3.63) is 30.1 Å². The average molecular weight is 276 g/mol. The van der Waals surface area contributed by atoms with Crippen molar-refractivity contribution in [3.63, 3.8) is 0 Å². The Labute approximate surface area is 122 Å². The lowest BCUT2D eigenvalue weighted by atomic mass is 10.1. The Morgan fingerprint density at radius 2 is 1.70 bits per heavy atom. The van der Waals surface area contributed by atoms with Crippen LogP contribution in [0.15, 0.2) is 24.3 Å². The second-order valence-electron chi connectivity index (χ2n) is 6.28. The van der Waals surface area contributed by atoms with Gasteiger partial charge in [0.2, 0.25) is 0 Å². The largest absolute Gasteiger partial charge is 0.393 e. The second-order valence-corrected chi connectivity index (χ2v) is 6.28. The molecule has 2 aromatic rings. The number of nitrogens with zero attached hydrogens (tertiary/aromatic N) is 1. The summed E-state index contributed by atoms with van der Waals surface area (Å²) in [4.78, 5) is 7.81. The van der Waals surface area contributed by atoms with Gasteiger partial charge in [-0.2, -0.15) is 0 Å². The molecule has 112 valence electrons. The molecule has 3 nitrogen and oxygen atoms in total. The van der Waals surface area contributed by atoms with Gasteiger partial charge in [-0.1, -0.05) is 39.8 Å². The summed E-state index contributed by atoms with van der Waals surface area (Å²) < 4.78 is 0. The molecule has 1 aromatic heterocycles. The Morgan fingerprint density at radius 1 is 1.05 bits per heavy atom. The third-order valence-corrected chi connectivity index (χ3v) is 2.85. The third-order valence-electron chi connectivity index (χ3n) is 2.85. The number of fused-ring (bicyclic) bond motifs is 1. The molecule has 1 aromatic carbocycles. The Morgan fingerprint density at radius 3 is 2.15 bits per heavy atom. The predicted octanol–water partition coefficient (Wildman–Crippen LogP) is 4.17.